The van der Waals surface area contributed by atoms with Crippen LogP contribution in [0.5, 0.6) is 0 Å². The minimum Gasteiger partial charge on any atom is -0.399 e. The topological polar surface area (TPSA) is 76.2 Å². The summed E-state index contributed by atoms with van der Waals surface area (Å²) in [5, 5.41) is 4.12. The first-order valence-corrected chi connectivity index (χ1v) is 8.01. The van der Waals surface area contributed by atoms with E-state index in [1.807, 2.05) is 0 Å². The third kappa shape index (κ3) is 4.60. The lowest BCUT2D eigenvalue weighted by Crippen LogP contribution is -2.11. The third-order valence-electron chi connectivity index (χ3n) is 3.72. The summed E-state index contributed by atoms with van der Waals surface area (Å²) in [7, 11) is 0. The summed E-state index contributed by atoms with van der Waals surface area (Å²) in [6, 6.07) is 16.2. The molecule has 0 radical (unpaired) electrons. The fourth-order valence-corrected chi connectivity index (χ4v) is 2.30. The lowest BCUT2D eigenvalue weighted by molar-refractivity contribution is -0.141. The van der Waals surface area contributed by atoms with Crippen LogP contribution < -0.4 is 11.2 Å². The van der Waals surface area contributed by atoms with Gasteiger partial charge in [-0.15, -0.1) is 0 Å². The van der Waals surface area contributed by atoms with E-state index in [9.17, 15) is 13.2 Å². The smallest absolute Gasteiger partial charge is 0.399 e. The average Bonchev–Trinajstić information content (AvgIpc) is 2.66. The number of nitrogens with zero attached hydrogens (tertiary/aromatic N) is 3. The first kappa shape index (κ1) is 18.4. The number of alkyl halides is 3. The Morgan fingerprint density at radius 3 is 2.30 bits per heavy atom. The van der Waals surface area contributed by atoms with Gasteiger partial charge in [-0.1, -0.05) is 42.5 Å². The van der Waals surface area contributed by atoms with Gasteiger partial charge in [0.05, 0.1) is 5.71 Å². The molecule has 0 amide bonds. The van der Waals surface area contributed by atoms with Gasteiger partial charge in [0.2, 0.25) is 0 Å². The van der Waals surface area contributed by atoms with Gasteiger partial charge in [0.25, 0.3) is 0 Å². The Balaban J connectivity index is 1.94. The average molecular weight is 371 g/mol. The molecule has 3 rings (SSSR count). The maximum atomic E-state index is 13.2. The van der Waals surface area contributed by atoms with E-state index in [4.69, 9.17) is 5.73 Å². The van der Waals surface area contributed by atoms with Gasteiger partial charge < -0.3 is 5.73 Å². The van der Waals surface area contributed by atoms with Crippen LogP contribution in [0.3, 0.4) is 0 Å². The van der Waals surface area contributed by atoms with Crippen LogP contribution in [0, 0.1) is 0 Å². The van der Waals surface area contributed by atoms with Crippen LogP contribution in [0.25, 0.3) is 11.4 Å². The predicted molar refractivity (Wildman–Crippen MR) is 99.2 cm³/mol. The van der Waals surface area contributed by atoms with Gasteiger partial charge in [-0.2, -0.15) is 18.3 Å². The van der Waals surface area contributed by atoms with Crippen LogP contribution in [-0.2, 0) is 6.18 Å². The first-order valence-electron chi connectivity index (χ1n) is 8.01. The van der Waals surface area contributed by atoms with Gasteiger partial charge in [-0.05, 0) is 24.6 Å². The minimum atomic E-state index is -4.60. The van der Waals surface area contributed by atoms with E-state index in [0.29, 0.717) is 17.0 Å². The fourth-order valence-electron chi connectivity index (χ4n) is 2.30. The number of halogens is 3. The van der Waals surface area contributed by atoms with Gasteiger partial charge in [0.15, 0.2) is 17.3 Å². The number of hydrogen-bond acceptors (Lipinski definition) is 5. The maximum Gasteiger partial charge on any atom is 0.433 e. The number of nitrogen functional groups attached to an aromatic ring is 1. The van der Waals surface area contributed by atoms with Crippen molar-refractivity contribution < 1.29 is 13.2 Å². The molecule has 0 bridgehead atoms. The number of aromatic nitrogens is 2. The van der Waals surface area contributed by atoms with Gasteiger partial charge in [-0.25, -0.2) is 9.97 Å². The van der Waals surface area contributed by atoms with E-state index in [-0.39, 0.29) is 11.6 Å². The summed E-state index contributed by atoms with van der Waals surface area (Å²) >= 11 is 0. The summed E-state index contributed by atoms with van der Waals surface area (Å²) < 4.78 is 39.6. The number of rotatable bonds is 4. The Hall–Kier alpha value is -3.42. The van der Waals surface area contributed by atoms with Crippen molar-refractivity contribution in [3.05, 3.63) is 71.9 Å². The van der Waals surface area contributed by atoms with Crippen molar-refractivity contribution in [2.75, 3.05) is 11.2 Å². The van der Waals surface area contributed by atoms with Crippen LogP contribution >= 0.6 is 0 Å². The molecule has 27 heavy (non-hydrogen) atoms. The predicted octanol–water partition coefficient (Wildman–Crippen LogP) is 4.58. The monoisotopic (exact) mass is 371 g/mol. The Labute approximate surface area is 153 Å². The second kappa shape index (κ2) is 7.45. The fraction of sp³-hybridized carbons (Fsp3) is 0.105. The molecular weight excluding hydrogens is 355 g/mol. The third-order valence-corrected chi connectivity index (χ3v) is 3.72. The highest BCUT2D eigenvalue weighted by Crippen LogP contribution is 2.30. The Bertz CT molecular complexity index is 951. The quantitative estimate of drug-likeness (QED) is 0.400. The highest BCUT2D eigenvalue weighted by molar-refractivity contribution is 5.99. The largest absolute Gasteiger partial charge is 0.433 e. The van der Waals surface area contributed by atoms with Crippen LogP contribution in [0.2, 0.25) is 0 Å². The number of nitrogens with two attached hydrogens (primary N) is 1. The molecule has 0 aliphatic rings. The first-order chi connectivity index (χ1) is 12.8. The highest BCUT2D eigenvalue weighted by atomic mass is 19.4. The summed E-state index contributed by atoms with van der Waals surface area (Å²) in [6.07, 6.45) is -4.60. The van der Waals surface area contributed by atoms with Crippen LogP contribution in [0.4, 0.5) is 24.7 Å². The zero-order valence-electron chi connectivity index (χ0n) is 14.3. The summed E-state index contributed by atoms with van der Waals surface area (Å²) in [5.41, 5.74) is 9.63. The van der Waals surface area contributed by atoms with E-state index in [1.165, 1.54) is 0 Å². The van der Waals surface area contributed by atoms with E-state index in [0.717, 1.165) is 11.6 Å². The van der Waals surface area contributed by atoms with Gasteiger partial charge in [0, 0.05) is 17.3 Å². The minimum absolute atomic E-state index is 0.0340. The molecule has 0 saturated carbocycles. The molecule has 2 aromatic carbocycles. The Kier molecular flexibility index (Phi) is 5.07. The molecule has 138 valence electrons. The molecule has 0 fully saturated rings. The molecule has 1 aromatic heterocycles. The summed E-state index contributed by atoms with van der Waals surface area (Å²) in [5.74, 6) is -0.0840. The van der Waals surface area contributed by atoms with E-state index >= 15 is 0 Å². The Morgan fingerprint density at radius 2 is 1.67 bits per heavy atom. The zero-order valence-corrected chi connectivity index (χ0v) is 14.3. The van der Waals surface area contributed by atoms with Gasteiger partial charge in [0.1, 0.15) is 0 Å². The normalized spacial score (nSPS) is 12.1. The molecule has 0 aliphatic heterocycles. The zero-order chi connectivity index (χ0) is 19.4. The molecule has 0 unspecified atom stereocenters. The number of benzene rings is 2. The molecule has 0 aliphatic carbocycles. The molecule has 8 heteroatoms. The van der Waals surface area contributed by atoms with E-state index in [2.05, 4.69) is 20.5 Å². The highest BCUT2D eigenvalue weighted by Gasteiger charge is 2.33. The van der Waals surface area contributed by atoms with Crippen molar-refractivity contribution in [2.24, 2.45) is 5.10 Å². The van der Waals surface area contributed by atoms with Crippen LogP contribution in [0.15, 0.2) is 65.8 Å². The number of hydrazone groups is 1. The second-order valence-electron chi connectivity index (χ2n) is 5.76. The van der Waals surface area contributed by atoms with E-state index < -0.39 is 11.9 Å². The second-order valence-corrected chi connectivity index (χ2v) is 5.76. The number of anilines is 2. The van der Waals surface area contributed by atoms with Crippen molar-refractivity contribution in [1.29, 1.82) is 0 Å². The van der Waals surface area contributed by atoms with E-state index in [1.54, 1.807) is 61.5 Å². The van der Waals surface area contributed by atoms with Crippen molar-refractivity contribution in [2.45, 2.75) is 13.1 Å². The van der Waals surface area contributed by atoms with Crippen molar-refractivity contribution >= 4 is 17.2 Å². The summed E-state index contributed by atoms with van der Waals surface area (Å²) in [6.45, 7) is 1.72. The molecule has 3 N–H and O–H groups in total. The number of nitrogens with one attached hydrogen (secondary N) is 1. The molecule has 3 aromatic rings. The van der Waals surface area contributed by atoms with Gasteiger partial charge in [-0.3, -0.25) is 5.43 Å². The molecule has 0 saturated heterocycles. The van der Waals surface area contributed by atoms with Crippen LogP contribution in [-0.4, -0.2) is 15.7 Å². The Morgan fingerprint density at radius 1 is 1.00 bits per heavy atom. The molecule has 0 atom stereocenters. The summed E-state index contributed by atoms with van der Waals surface area (Å²) in [4.78, 5) is 7.78. The lowest BCUT2D eigenvalue weighted by Gasteiger charge is -2.11. The standard InChI is InChI=1S/C19H16F3N5/c1-12(13-7-9-15(23)10-8-13)26-27-17-11-16(19(20,21)22)24-18(25-17)14-5-3-2-4-6-14/h2-11H,23H2,1H3,(H,24,25,27)/b26-12-. The molecule has 1 heterocycles. The lowest BCUT2D eigenvalue weighted by atomic mass is 10.1. The van der Waals surface area contributed by atoms with Gasteiger partial charge >= 0.3 is 6.18 Å². The van der Waals surface area contributed by atoms with Crippen molar-refractivity contribution in [3.8, 4) is 11.4 Å². The van der Waals surface area contributed by atoms with Crippen molar-refractivity contribution in [3.63, 3.8) is 0 Å². The maximum absolute atomic E-state index is 13.2. The van der Waals surface area contributed by atoms with Crippen molar-refractivity contribution in [1.82, 2.24) is 9.97 Å². The molecular formula is C19H16F3N5. The molecule has 0 spiro atoms. The SMILES string of the molecule is C/C(=N/Nc1cc(C(F)(F)F)nc(-c2ccccc2)n1)c1ccc(N)cc1. The number of hydrogen-bond donors (Lipinski definition) is 2. The van der Waals surface area contributed by atoms with Crippen LogP contribution in [0.1, 0.15) is 18.2 Å². The molecule has 5 nitrogen and oxygen atoms in total.